The number of hydrogen-bond donors (Lipinski definition) is 1. The van der Waals surface area contributed by atoms with Gasteiger partial charge in [0.2, 0.25) is 5.91 Å². The smallest absolute Gasteiger partial charge is 0.274 e. The van der Waals surface area contributed by atoms with Gasteiger partial charge in [0, 0.05) is 19.6 Å². The highest BCUT2D eigenvalue weighted by Gasteiger charge is 2.26. The van der Waals surface area contributed by atoms with E-state index in [2.05, 4.69) is 31.4 Å². The first-order chi connectivity index (χ1) is 12.5. The van der Waals surface area contributed by atoms with Crippen molar-refractivity contribution in [3.05, 3.63) is 28.3 Å². The summed E-state index contributed by atoms with van der Waals surface area (Å²) in [5.41, 5.74) is 1.66. The van der Waals surface area contributed by atoms with E-state index in [0.717, 1.165) is 10.2 Å². The van der Waals surface area contributed by atoms with Gasteiger partial charge in [0.05, 0.1) is 41.5 Å². The van der Waals surface area contributed by atoms with E-state index in [4.69, 9.17) is 4.74 Å². The van der Waals surface area contributed by atoms with E-state index in [0.29, 0.717) is 44.2 Å². The molecule has 0 unspecified atom stereocenters. The number of ether oxygens (including phenoxy) is 1. The number of carbonyl (C=O) groups is 2. The van der Waals surface area contributed by atoms with Crippen molar-refractivity contribution in [2.24, 2.45) is 0 Å². The van der Waals surface area contributed by atoms with Crippen LogP contribution in [0.3, 0.4) is 0 Å². The second kappa shape index (κ2) is 8.00. The summed E-state index contributed by atoms with van der Waals surface area (Å²) in [5.74, 6) is -0.420. The van der Waals surface area contributed by atoms with Gasteiger partial charge in [-0.05, 0) is 29.8 Å². The maximum absolute atomic E-state index is 12.9. The maximum atomic E-state index is 12.9. The third-order valence-corrected chi connectivity index (χ3v) is 5.03. The van der Waals surface area contributed by atoms with Crippen LogP contribution in [0.2, 0.25) is 0 Å². The van der Waals surface area contributed by atoms with E-state index in [1.807, 2.05) is 13.8 Å². The molecule has 26 heavy (non-hydrogen) atoms. The summed E-state index contributed by atoms with van der Waals surface area (Å²) >= 11 is 3.37. The Morgan fingerprint density at radius 2 is 1.92 bits per heavy atom. The Kier molecular flexibility index (Phi) is 5.72. The van der Waals surface area contributed by atoms with E-state index < -0.39 is 0 Å². The van der Waals surface area contributed by atoms with E-state index in [1.165, 1.54) is 6.20 Å². The van der Waals surface area contributed by atoms with Crippen LogP contribution in [-0.2, 0) is 22.6 Å². The van der Waals surface area contributed by atoms with E-state index in [1.54, 1.807) is 20.5 Å². The molecule has 10 heteroatoms. The molecule has 1 N–H and O–H groups in total. The molecule has 2 amide bonds. The molecule has 0 bridgehead atoms. The topological polar surface area (TPSA) is 94.3 Å². The van der Waals surface area contributed by atoms with Crippen molar-refractivity contribution in [1.82, 2.24) is 24.5 Å². The second-order valence-electron chi connectivity index (χ2n) is 5.91. The highest BCUT2D eigenvalue weighted by molar-refractivity contribution is 9.10. The number of rotatable bonds is 5. The Balaban J connectivity index is 1.77. The van der Waals surface area contributed by atoms with E-state index in [9.17, 15) is 9.59 Å². The van der Waals surface area contributed by atoms with Crippen molar-refractivity contribution in [1.29, 1.82) is 0 Å². The molecule has 9 nitrogen and oxygen atoms in total. The van der Waals surface area contributed by atoms with Gasteiger partial charge in [0.25, 0.3) is 5.91 Å². The molecule has 0 aromatic carbocycles. The van der Waals surface area contributed by atoms with E-state index in [-0.39, 0.29) is 18.4 Å². The molecule has 1 fully saturated rings. The van der Waals surface area contributed by atoms with Gasteiger partial charge >= 0.3 is 0 Å². The summed E-state index contributed by atoms with van der Waals surface area (Å²) in [6.45, 7) is 6.45. The van der Waals surface area contributed by atoms with Gasteiger partial charge in [-0.3, -0.25) is 19.0 Å². The number of amides is 2. The summed E-state index contributed by atoms with van der Waals surface area (Å²) in [6.07, 6.45) is 3.16. The molecule has 1 saturated heterocycles. The lowest BCUT2D eigenvalue weighted by Crippen LogP contribution is -2.41. The number of nitrogens with zero attached hydrogens (tertiary/aromatic N) is 5. The fraction of sp³-hybridized carbons (Fsp3) is 0.500. The molecular weight excluding hydrogens is 404 g/mol. The Bertz CT molecular complexity index is 809. The Morgan fingerprint density at radius 1 is 1.23 bits per heavy atom. The summed E-state index contributed by atoms with van der Waals surface area (Å²) in [6, 6.07) is 0. The fourth-order valence-corrected chi connectivity index (χ4v) is 3.06. The molecule has 0 saturated carbocycles. The molecule has 1 aliphatic rings. The lowest BCUT2D eigenvalue weighted by atomic mass is 10.2. The molecule has 0 spiro atoms. The Hall–Kier alpha value is -2.20. The van der Waals surface area contributed by atoms with Crippen molar-refractivity contribution in [3.63, 3.8) is 0 Å². The third-order valence-electron chi connectivity index (χ3n) is 4.25. The normalized spacial score (nSPS) is 14.5. The number of carbonyl (C=O) groups excluding carboxylic acids is 2. The first-order valence-corrected chi connectivity index (χ1v) is 9.21. The zero-order valence-electron chi connectivity index (χ0n) is 14.7. The number of nitrogens with one attached hydrogen (secondary N) is 1. The summed E-state index contributed by atoms with van der Waals surface area (Å²) < 4.78 is 9.33. The lowest BCUT2D eigenvalue weighted by molar-refractivity contribution is -0.116. The minimum atomic E-state index is -0.268. The average Bonchev–Trinajstić information content (AvgIpc) is 3.19. The fourth-order valence-electron chi connectivity index (χ4n) is 2.77. The third kappa shape index (κ3) is 3.80. The van der Waals surface area contributed by atoms with Crippen LogP contribution in [0.4, 0.5) is 5.69 Å². The van der Waals surface area contributed by atoms with E-state index >= 15 is 0 Å². The molecule has 3 rings (SSSR count). The number of hydrogen-bond acceptors (Lipinski definition) is 5. The van der Waals surface area contributed by atoms with Crippen molar-refractivity contribution in [2.75, 3.05) is 31.6 Å². The van der Waals surface area contributed by atoms with Crippen LogP contribution in [0.1, 0.15) is 23.1 Å². The number of aryl methyl sites for hydroxylation is 1. The molecule has 3 heterocycles. The number of halogens is 1. The number of aromatic nitrogens is 4. The van der Waals surface area contributed by atoms with Crippen LogP contribution < -0.4 is 5.32 Å². The minimum absolute atomic E-state index is 0.0555. The van der Waals surface area contributed by atoms with Crippen LogP contribution in [0.15, 0.2) is 16.9 Å². The van der Waals surface area contributed by atoms with Crippen LogP contribution in [0.25, 0.3) is 0 Å². The molecule has 0 radical (unpaired) electrons. The van der Waals surface area contributed by atoms with Crippen LogP contribution >= 0.6 is 15.9 Å². The van der Waals surface area contributed by atoms with Crippen molar-refractivity contribution < 1.29 is 14.3 Å². The predicted molar refractivity (Wildman–Crippen MR) is 97.9 cm³/mol. The van der Waals surface area contributed by atoms with Crippen LogP contribution in [-0.4, -0.2) is 62.6 Å². The highest BCUT2D eigenvalue weighted by Crippen LogP contribution is 2.19. The molecule has 1 aliphatic heterocycles. The zero-order chi connectivity index (χ0) is 18.7. The van der Waals surface area contributed by atoms with Crippen LogP contribution in [0.5, 0.6) is 0 Å². The van der Waals surface area contributed by atoms with Gasteiger partial charge in [-0.2, -0.15) is 10.2 Å². The Labute approximate surface area is 159 Å². The van der Waals surface area contributed by atoms with Crippen molar-refractivity contribution in [3.8, 4) is 0 Å². The predicted octanol–water partition coefficient (Wildman–Crippen LogP) is 1.28. The summed E-state index contributed by atoms with van der Waals surface area (Å²) in [5, 5.41) is 11.2. The molecule has 0 aliphatic carbocycles. The number of anilines is 1. The van der Waals surface area contributed by atoms with Crippen LogP contribution in [0, 0.1) is 6.92 Å². The summed E-state index contributed by atoms with van der Waals surface area (Å²) in [4.78, 5) is 27.0. The zero-order valence-corrected chi connectivity index (χ0v) is 16.3. The highest BCUT2D eigenvalue weighted by atomic mass is 79.9. The van der Waals surface area contributed by atoms with Gasteiger partial charge in [0.1, 0.15) is 12.2 Å². The molecule has 0 atom stereocenters. The quantitative estimate of drug-likeness (QED) is 0.779. The van der Waals surface area contributed by atoms with Gasteiger partial charge in [-0.1, -0.05) is 0 Å². The summed E-state index contributed by atoms with van der Waals surface area (Å²) in [7, 11) is 0. The van der Waals surface area contributed by atoms with Gasteiger partial charge in [-0.25, -0.2) is 0 Å². The van der Waals surface area contributed by atoms with Gasteiger partial charge in [-0.15, -0.1) is 0 Å². The largest absolute Gasteiger partial charge is 0.378 e. The SMILES string of the molecule is CCn1ncc(NC(=O)Cn2ncc(Br)c2C)c1C(=O)N1CCOCC1. The molecule has 140 valence electrons. The molecule has 2 aromatic rings. The molecular formula is C16H21BrN6O3. The van der Waals surface area contributed by atoms with Gasteiger partial charge in [0.15, 0.2) is 0 Å². The van der Waals surface area contributed by atoms with Gasteiger partial charge < -0.3 is 15.0 Å². The van der Waals surface area contributed by atoms with Crippen molar-refractivity contribution >= 4 is 33.4 Å². The molecule has 2 aromatic heterocycles. The lowest BCUT2D eigenvalue weighted by Gasteiger charge is -2.27. The first-order valence-electron chi connectivity index (χ1n) is 8.41. The standard InChI is InChI=1S/C16H21BrN6O3/c1-3-22-15(16(25)21-4-6-26-7-5-21)13(9-19-22)20-14(24)10-23-11(2)12(17)8-18-23/h8-9H,3-7,10H2,1-2H3,(H,20,24). The second-order valence-corrected chi connectivity index (χ2v) is 6.77. The minimum Gasteiger partial charge on any atom is -0.378 e. The monoisotopic (exact) mass is 424 g/mol. The number of morpholine rings is 1. The average molecular weight is 425 g/mol. The maximum Gasteiger partial charge on any atom is 0.274 e. The Morgan fingerprint density at radius 3 is 2.54 bits per heavy atom. The van der Waals surface area contributed by atoms with Crippen molar-refractivity contribution in [2.45, 2.75) is 26.9 Å². The first kappa shape index (κ1) is 18.6.